The molecule has 3 heterocycles. The Balaban J connectivity index is 1.48. The number of aryl methyl sites for hydroxylation is 1. The van der Waals surface area contributed by atoms with Crippen molar-refractivity contribution < 1.29 is 13.9 Å². The van der Waals surface area contributed by atoms with Crippen molar-refractivity contribution >= 4 is 11.6 Å². The van der Waals surface area contributed by atoms with Gasteiger partial charge >= 0.3 is 0 Å². The Bertz CT molecular complexity index is 1040. The highest BCUT2D eigenvalue weighted by Crippen LogP contribution is 2.23. The number of furan rings is 1. The average molecular weight is 360 g/mol. The van der Waals surface area contributed by atoms with Gasteiger partial charge in [-0.25, -0.2) is 4.98 Å². The number of rotatable bonds is 5. The first kappa shape index (κ1) is 16.6. The Kier molecular flexibility index (Phi) is 4.40. The molecule has 4 rings (SSSR count). The van der Waals surface area contributed by atoms with Crippen LogP contribution in [0.25, 0.3) is 5.82 Å². The van der Waals surface area contributed by atoms with E-state index in [-0.39, 0.29) is 11.7 Å². The third kappa shape index (κ3) is 3.87. The minimum absolute atomic E-state index is 0.254. The fraction of sp³-hybridized carbons (Fsp3) is 0.0500. The molecular weight excluding hydrogens is 344 g/mol. The van der Waals surface area contributed by atoms with E-state index in [0.717, 1.165) is 5.82 Å². The second-order valence-electron chi connectivity index (χ2n) is 5.76. The number of benzene rings is 1. The first-order valence-corrected chi connectivity index (χ1v) is 8.29. The minimum atomic E-state index is -0.309. The number of hydrogen-bond donors (Lipinski definition) is 1. The minimum Gasteiger partial charge on any atom is -0.459 e. The maximum atomic E-state index is 12.0. The zero-order valence-corrected chi connectivity index (χ0v) is 14.5. The molecule has 0 fully saturated rings. The predicted molar refractivity (Wildman–Crippen MR) is 99.3 cm³/mol. The summed E-state index contributed by atoms with van der Waals surface area (Å²) in [5, 5.41) is 2.75. The molecule has 1 amide bonds. The molecule has 134 valence electrons. The Morgan fingerprint density at radius 3 is 2.56 bits per heavy atom. The molecule has 7 nitrogen and oxygen atoms in total. The van der Waals surface area contributed by atoms with Crippen LogP contribution in [0.4, 0.5) is 5.69 Å². The summed E-state index contributed by atoms with van der Waals surface area (Å²) in [6.45, 7) is 1.81. The van der Waals surface area contributed by atoms with E-state index in [4.69, 9.17) is 9.15 Å². The van der Waals surface area contributed by atoms with Gasteiger partial charge in [0.15, 0.2) is 5.76 Å². The summed E-state index contributed by atoms with van der Waals surface area (Å²) in [6, 6.07) is 15.9. The van der Waals surface area contributed by atoms with Gasteiger partial charge in [0.2, 0.25) is 5.88 Å². The van der Waals surface area contributed by atoms with E-state index >= 15 is 0 Å². The van der Waals surface area contributed by atoms with Crippen molar-refractivity contribution in [2.24, 2.45) is 0 Å². The van der Waals surface area contributed by atoms with Crippen LogP contribution in [0, 0.1) is 6.92 Å². The molecule has 3 aromatic heterocycles. The van der Waals surface area contributed by atoms with Gasteiger partial charge in [-0.05, 0) is 55.5 Å². The molecule has 0 unspecified atom stereocenters. The average Bonchev–Trinajstić information content (AvgIpc) is 3.37. The molecule has 0 aliphatic heterocycles. The number of nitrogens with one attached hydrogen (secondary N) is 1. The SMILES string of the molecule is Cc1nc(Oc2ccc(NC(=O)c3ccco3)cc2)cc(-n2cccc2)n1. The molecule has 0 aliphatic carbocycles. The van der Waals surface area contributed by atoms with Crippen LogP contribution in [0.3, 0.4) is 0 Å². The van der Waals surface area contributed by atoms with Crippen LogP contribution in [-0.2, 0) is 0 Å². The second kappa shape index (κ2) is 7.17. The predicted octanol–water partition coefficient (Wildman–Crippen LogP) is 4.21. The summed E-state index contributed by atoms with van der Waals surface area (Å²) in [6.07, 6.45) is 5.27. The zero-order chi connectivity index (χ0) is 18.6. The van der Waals surface area contributed by atoms with Crippen molar-refractivity contribution in [1.82, 2.24) is 14.5 Å². The van der Waals surface area contributed by atoms with Crippen LogP contribution in [0.5, 0.6) is 11.6 Å². The number of ether oxygens (including phenoxy) is 1. The number of amides is 1. The number of anilines is 1. The Labute approximate surface area is 155 Å². The molecule has 0 saturated carbocycles. The fourth-order valence-corrected chi connectivity index (χ4v) is 2.52. The summed E-state index contributed by atoms with van der Waals surface area (Å²) in [5.41, 5.74) is 0.635. The van der Waals surface area contributed by atoms with Gasteiger partial charge in [0.25, 0.3) is 5.91 Å². The molecule has 0 radical (unpaired) electrons. The summed E-state index contributed by atoms with van der Waals surface area (Å²) in [7, 11) is 0. The molecule has 0 saturated heterocycles. The largest absolute Gasteiger partial charge is 0.459 e. The van der Waals surface area contributed by atoms with Gasteiger partial charge in [0.1, 0.15) is 17.4 Å². The summed E-state index contributed by atoms with van der Waals surface area (Å²) >= 11 is 0. The Hall–Kier alpha value is -3.87. The van der Waals surface area contributed by atoms with Gasteiger partial charge in [0.05, 0.1) is 6.26 Å². The highest BCUT2D eigenvalue weighted by atomic mass is 16.5. The first-order valence-electron chi connectivity index (χ1n) is 8.29. The number of hydrogen-bond acceptors (Lipinski definition) is 5. The van der Waals surface area contributed by atoms with Crippen molar-refractivity contribution in [1.29, 1.82) is 0 Å². The van der Waals surface area contributed by atoms with Crippen LogP contribution in [0.2, 0.25) is 0 Å². The van der Waals surface area contributed by atoms with Gasteiger partial charge < -0.3 is 19.0 Å². The second-order valence-corrected chi connectivity index (χ2v) is 5.76. The van der Waals surface area contributed by atoms with Crippen LogP contribution < -0.4 is 10.1 Å². The van der Waals surface area contributed by atoms with E-state index in [1.165, 1.54) is 6.26 Å². The van der Waals surface area contributed by atoms with Crippen molar-refractivity contribution in [2.75, 3.05) is 5.32 Å². The third-order valence-electron chi connectivity index (χ3n) is 3.75. The molecule has 0 spiro atoms. The molecule has 0 aliphatic rings. The highest BCUT2D eigenvalue weighted by molar-refractivity contribution is 6.02. The molecule has 4 aromatic rings. The number of carbonyl (C=O) groups excluding carboxylic acids is 1. The number of carbonyl (C=O) groups is 1. The summed E-state index contributed by atoms with van der Waals surface area (Å²) < 4.78 is 12.8. The van der Waals surface area contributed by atoms with Gasteiger partial charge in [-0.2, -0.15) is 4.98 Å². The first-order chi connectivity index (χ1) is 13.2. The van der Waals surface area contributed by atoms with E-state index in [2.05, 4.69) is 15.3 Å². The van der Waals surface area contributed by atoms with E-state index < -0.39 is 0 Å². The van der Waals surface area contributed by atoms with E-state index in [9.17, 15) is 4.79 Å². The van der Waals surface area contributed by atoms with Crippen LogP contribution >= 0.6 is 0 Å². The van der Waals surface area contributed by atoms with Crippen molar-refractivity contribution in [2.45, 2.75) is 6.92 Å². The molecular formula is C20H16N4O3. The lowest BCUT2D eigenvalue weighted by molar-refractivity contribution is 0.0996. The zero-order valence-electron chi connectivity index (χ0n) is 14.5. The fourth-order valence-electron chi connectivity index (χ4n) is 2.52. The van der Waals surface area contributed by atoms with Crippen molar-refractivity contribution in [3.8, 4) is 17.4 Å². The molecule has 0 bridgehead atoms. The molecule has 1 aromatic carbocycles. The maximum Gasteiger partial charge on any atom is 0.291 e. The highest BCUT2D eigenvalue weighted by Gasteiger charge is 2.09. The van der Waals surface area contributed by atoms with E-state index in [0.29, 0.717) is 23.1 Å². The standard InChI is InChI=1S/C20H16N4O3/c1-14-21-18(24-10-2-3-11-24)13-19(22-14)27-16-8-6-15(7-9-16)23-20(25)17-5-4-12-26-17/h2-13H,1H3,(H,23,25). The van der Waals surface area contributed by atoms with Crippen molar-refractivity contribution in [3.05, 3.63) is 84.8 Å². The molecule has 1 N–H and O–H groups in total. The maximum absolute atomic E-state index is 12.0. The van der Waals surface area contributed by atoms with Gasteiger partial charge in [0, 0.05) is 24.1 Å². The normalized spacial score (nSPS) is 10.6. The number of nitrogens with zero attached hydrogens (tertiary/aromatic N) is 3. The van der Waals surface area contributed by atoms with Crippen LogP contribution in [0.15, 0.2) is 77.7 Å². The lowest BCUT2D eigenvalue weighted by Gasteiger charge is -2.09. The monoisotopic (exact) mass is 360 g/mol. The Morgan fingerprint density at radius 2 is 1.85 bits per heavy atom. The summed E-state index contributed by atoms with van der Waals surface area (Å²) in [5.74, 6) is 2.32. The molecule has 7 heteroatoms. The van der Waals surface area contributed by atoms with E-state index in [1.807, 2.05) is 36.0 Å². The molecule has 27 heavy (non-hydrogen) atoms. The molecule has 0 atom stereocenters. The van der Waals surface area contributed by atoms with Gasteiger partial charge in [-0.1, -0.05) is 0 Å². The van der Waals surface area contributed by atoms with Crippen LogP contribution in [0.1, 0.15) is 16.4 Å². The lowest BCUT2D eigenvalue weighted by atomic mass is 10.3. The van der Waals surface area contributed by atoms with Crippen molar-refractivity contribution in [3.63, 3.8) is 0 Å². The quantitative estimate of drug-likeness (QED) is 0.576. The van der Waals surface area contributed by atoms with Crippen LogP contribution in [-0.4, -0.2) is 20.4 Å². The topological polar surface area (TPSA) is 82.2 Å². The lowest BCUT2D eigenvalue weighted by Crippen LogP contribution is -2.10. The number of aromatic nitrogens is 3. The third-order valence-corrected chi connectivity index (χ3v) is 3.75. The summed E-state index contributed by atoms with van der Waals surface area (Å²) in [4.78, 5) is 20.7. The van der Waals surface area contributed by atoms with Gasteiger partial charge in [-0.15, -0.1) is 0 Å². The smallest absolute Gasteiger partial charge is 0.291 e. The van der Waals surface area contributed by atoms with E-state index in [1.54, 1.807) is 42.5 Å². The Morgan fingerprint density at radius 1 is 1.07 bits per heavy atom. The van der Waals surface area contributed by atoms with Gasteiger partial charge in [-0.3, -0.25) is 4.79 Å².